The van der Waals surface area contributed by atoms with Crippen molar-refractivity contribution >= 4 is 38.2 Å². The van der Waals surface area contributed by atoms with E-state index in [4.69, 9.17) is 9.47 Å². The van der Waals surface area contributed by atoms with E-state index >= 15 is 0 Å². The minimum Gasteiger partial charge on any atom is -0.473 e. The molecular weight excluding hydrogens is 526 g/mol. The highest BCUT2D eigenvalue weighted by molar-refractivity contribution is 7.92. The first-order valence-electron chi connectivity index (χ1n) is 11.6. The highest BCUT2D eigenvalue weighted by atomic mass is 32.2. The molecule has 1 unspecified atom stereocenters. The van der Waals surface area contributed by atoms with Crippen LogP contribution < -0.4 is 10.1 Å². The number of aromatic nitrogens is 1. The number of thiazole rings is 1. The van der Waals surface area contributed by atoms with Crippen LogP contribution in [0.3, 0.4) is 0 Å². The predicted molar refractivity (Wildman–Crippen MR) is 132 cm³/mol. The number of halogens is 2. The van der Waals surface area contributed by atoms with Crippen LogP contribution in [0.1, 0.15) is 54.8 Å². The van der Waals surface area contributed by atoms with Gasteiger partial charge in [-0.1, -0.05) is 25.0 Å². The third kappa shape index (κ3) is 6.13. The summed E-state index contributed by atoms with van der Waals surface area (Å²) in [5.74, 6) is -3.63. The molecule has 196 valence electrons. The molecule has 1 amide bonds. The lowest BCUT2D eigenvalue weighted by Crippen LogP contribution is -2.26. The number of ether oxygens (including phenoxy) is 2. The van der Waals surface area contributed by atoms with Crippen molar-refractivity contribution in [3.05, 3.63) is 70.7 Å². The summed E-state index contributed by atoms with van der Waals surface area (Å²) in [6.45, 7) is 1.80. The molecule has 4 rings (SSSR count). The van der Waals surface area contributed by atoms with Crippen LogP contribution in [0.15, 0.2) is 52.7 Å². The summed E-state index contributed by atoms with van der Waals surface area (Å²) in [5, 5.41) is 3.56. The second-order valence-electron chi connectivity index (χ2n) is 8.34. The molecule has 3 aromatic rings. The smallest absolute Gasteiger partial charge is 0.357 e. The van der Waals surface area contributed by atoms with Gasteiger partial charge in [-0.15, -0.1) is 11.3 Å². The fraction of sp³-hybridized carbons (Fsp3) is 0.320. The van der Waals surface area contributed by atoms with Crippen molar-refractivity contribution in [2.24, 2.45) is 0 Å². The van der Waals surface area contributed by atoms with Gasteiger partial charge >= 0.3 is 5.97 Å². The van der Waals surface area contributed by atoms with Gasteiger partial charge in [-0.05, 0) is 44.0 Å². The van der Waals surface area contributed by atoms with Gasteiger partial charge in [-0.25, -0.2) is 27.0 Å². The van der Waals surface area contributed by atoms with Crippen LogP contribution in [-0.2, 0) is 19.4 Å². The average molecular weight is 551 g/mol. The fourth-order valence-corrected chi connectivity index (χ4v) is 6.53. The molecule has 1 aliphatic carbocycles. The van der Waals surface area contributed by atoms with Gasteiger partial charge in [-0.3, -0.25) is 10.1 Å². The van der Waals surface area contributed by atoms with E-state index in [9.17, 15) is 26.8 Å². The molecule has 1 atom stereocenters. The van der Waals surface area contributed by atoms with E-state index < -0.39 is 44.7 Å². The monoisotopic (exact) mass is 550 g/mol. The second-order valence-corrected chi connectivity index (χ2v) is 11.4. The number of hydrogen-bond acceptors (Lipinski definition) is 8. The van der Waals surface area contributed by atoms with Gasteiger partial charge in [0, 0.05) is 17.0 Å². The van der Waals surface area contributed by atoms with Gasteiger partial charge in [0.1, 0.15) is 5.82 Å². The summed E-state index contributed by atoms with van der Waals surface area (Å²) in [6, 6.07) is 8.25. The Hall–Kier alpha value is -3.38. The molecule has 1 heterocycles. The number of amides is 1. The van der Waals surface area contributed by atoms with Crippen molar-refractivity contribution in [2.75, 3.05) is 11.9 Å². The third-order valence-corrected chi connectivity index (χ3v) is 8.88. The van der Waals surface area contributed by atoms with E-state index in [1.54, 1.807) is 6.92 Å². The first-order valence-corrected chi connectivity index (χ1v) is 14.0. The minimum absolute atomic E-state index is 0.00525. The van der Waals surface area contributed by atoms with Crippen LogP contribution in [-0.4, -0.2) is 37.1 Å². The maximum absolute atomic E-state index is 14.3. The standard InChI is InChI=1S/C25H24F2N2O6S2/c1-2-34-24(31)20-14-36-25(28-20)29-23(30)22(35-21-12-9-16(26)13-19(21)27)15-7-10-18(11-8-15)37(32,33)17-5-3-4-6-17/h7-14,17,22H,2-6H2,1H3,(H,28,29,30). The van der Waals surface area contributed by atoms with Crippen LogP contribution in [0, 0.1) is 11.6 Å². The average Bonchev–Trinajstić information content (AvgIpc) is 3.57. The van der Waals surface area contributed by atoms with Gasteiger partial charge in [0.05, 0.1) is 16.8 Å². The van der Waals surface area contributed by atoms with Gasteiger partial charge in [0.15, 0.2) is 32.2 Å². The molecule has 12 heteroatoms. The number of nitrogens with one attached hydrogen (secondary N) is 1. The Labute approximate surface area is 216 Å². The number of hydrogen-bond donors (Lipinski definition) is 1. The first-order chi connectivity index (χ1) is 17.7. The molecule has 1 fully saturated rings. The number of carbonyl (C=O) groups is 2. The molecule has 0 spiro atoms. The van der Waals surface area contributed by atoms with Crippen LogP contribution >= 0.6 is 11.3 Å². The number of rotatable bonds is 9. The lowest BCUT2D eigenvalue weighted by atomic mass is 10.1. The molecule has 1 aromatic heterocycles. The number of sulfone groups is 1. The van der Waals surface area contributed by atoms with Crippen molar-refractivity contribution in [1.29, 1.82) is 0 Å². The molecule has 0 radical (unpaired) electrons. The predicted octanol–water partition coefficient (Wildman–Crippen LogP) is 5.07. The van der Waals surface area contributed by atoms with Crippen molar-refractivity contribution in [3.8, 4) is 5.75 Å². The Bertz CT molecular complexity index is 1390. The molecule has 2 aromatic carbocycles. The molecule has 1 N–H and O–H groups in total. The summed E-state index contributed by atoms with van der Waals surface area (Å²) >= 11 is 0.974. The Morgan fingerprint density at radius 1 is 1.14 bits per heavy atom. The van der Waals surface area contributed by atoms with Gasteiger partial charge in [-0.2, -0.15) is 0 Å². The summed E-state index contributed by atoms with van der Waals surface area (Å²) in [5.41, 5.74) is 0.236. The summed E-state index contributed by atoms with van der Waals surface area (Å²) in [4.78, 5) is 29.2. The molecule has 37 heavy (non-hydrogen) atoms. The molecular formula is C25H24F2N2O6S2. The van der Waals surface area contributed by atoms with Gasteiger partial charge < -0.3 is 9.47 Å². The summed E-state index contributed by atoms with van der Waals surface area (Å²) < 4.78 is 64.1. The van der Waals surface area contributed by atoms with Crippen LogP contribution in [0.25, 0.3) is 0 Å². The molecule has 1 aliphatic rings. The van der Waals surface area contributed by atoms with E-state index in [1.807, 2.05) is 0 Å². The Morgan fingerprint density at radius 2 is 1.84 bits per heavy atom. The van der Waals surface area contributed by atoms with E-state index in [1.165, 1.54) is 29.6 Å². The summed E-state index contributed by atoms with van der Waals surface area (Å²) in [6.07, 6.45) is 1.47. The maximum atomic E-state index is 14.3. The molecule has 8 nitrogen and oxygen atoms in total. The van der Waals surface area contributed by atoms with Gasteiger partial charge in [0.2, 0.25) is 6.10 Å². The van der Waals surface area contributed by atoms with E-state index in [0.717, 1.165) is 36.3 Å². The highest BCUT2D eigenvalue weighted by Gasteiger charge is 2.31. The Morgan fingerprint density at radius 3 is 2.49 bits per heavy atom. The summed E-state index contributed by atoms with van der Waals surface area (Å²) in [7, 11) is -3.53. The molecule has 0 bridgehead atoms. The van der Waals surface area contributed by atoms with E-state index in [2.05, 4.69) is 10.3 Å². The molecule has 0 saturated heterocycles. The maximum Gasteiger partial charge on any atom is 0.357 e. The third-order valence-electron chi connectivity index (χ3n) is 5.85. The minimum atomic E-state index is -3.53. The zero-order chi connectivity index (χ0) is 26.6. The van der Waals surface area contributed by atoms with Crippen molar-refractivity contribution in [3.63, 3.8) is 0 Å². The number of esters is 1. The normalized spacial score (nSPS) is 14.8. The van der Waals surface area contributed by atoms with Crippen molar-refractivity contribution in [1.82, 2.24) is 4.98 Å². The Balaban J connectivity index is 1.61. The van der Waals surface area contributed by atoms with Crippen molar-refractivity contribution in [2.45, 2.75) is 48.9 Å². The molecule has 1 saturated carbocycles. The lowest BCUT2D eigenvalue weighted by Gasteiger charge is -2.19. The first kappa shape index (κ1) is 26.7. The number of nitrogens with zero attached hydrogens (tertiary/aromatic N) is 1. The van der Waals surface area contributed by atoms with Crippen LogP contribution in [0.5, 0.6) is 5.75 Å². The molecule has 0 aliphatic heterocycles. The lowest BCUT2D eigenvalue weighted by molar-refractivity contribution is -0.123. The number of benzene rings is 2. The second kappa shape index (κ2) is 11.3. The van der Waals surface area contributed by atoms with Gasteiger partial charge in [0.25, 0.3) is 5.91 Å². The largest absolute Gasteiger partial charge is 0.473 e. The quantitative estimate of drug-likeness (QED) is 0.370. The fourth-order valence-electron chi connectivity index (χ4n) is 3.99. The van der Waals surface area contributed by atoms with Crippen LogP contribution in [0.4, 0.5) is 13.9 Å². The van der Waals surface area contributed by atoms with E-state index in [-0.39, 0.29) is 33.6 Å². The zero-order valence-electron chi connectivity index (χ0n) is 19.8. The number of anilines is 1. The Kier molecular flexibility index (Phi) is 8.18. The highest BCUT2D eigenvalue weighted by Crippen LogP contribution is 2.32. The van der Waals surface area contributed by atoms with E-state index in [0.29, 0.717) is 18.9 Å². The van der Waals surface area contributed by atoms with Crippen molar-refractivity contribution < 1.29 is 36.3 Å². The SMILES string of the molecule is CCOC(=O)c1csc(NC(=O)C(Oc2ccc(F)cc2F)c2ccc(S(=O)(=O)C3CCCC3)cc2)n1. The van der Waals surface area contributed by atoms with Crippen LogP contribution in [0.2, 0.25) is 0 Å². The zero-order valence-corrected chi connectivity index (χ0v) is 21.4. The number of carbonyl (C=O) groups excluding carboxylic acids is 2. The topological polar surface area (TPSA) is 112 Å².